The third kappa shape index (κ3) is 3.12. The number of nitrogens with two attached hydrogens (primary N) is 1. The van der Waals surface area contributed by atoms with Crippen LogP contribution in [0.15, 0.2) is 18.2 Å². The predicted octanol–water partition coefficient (Wildman–Crippen LogP) is 3.70. The molecule has 0 aromatic heterocycles. The van der Waals surface area contributed by atoms with Crippen LogP contribution in [0.4, 0.5) is 8.78 Å². The fourth-order valence-electron chi connectivity index (χ4n) is 3.04. The molecule has 1 aromatic rings. The van der Waals surface area contributed by atoms with Crippen LogP contribution in [-0.4, -0.2) is 12.2 Å². The summed E-state index contributed by atoms with van der Waals surface area (Å²) in [5.41, 5.74) is 6.27. The molecule has 2 rings (SSSR count). The van der Waals surface area contributed by atoms with Gasteiger partial charge in [-0.2, -0.15) is 0 Å². The normalized spacial score (nSPS) is 20.2. The van der Waals surface area contributed by atoms with Crippen molar-refractivity contribution in [2.24, 2.45) is 5.73 Å². The average Bonchev–Trinajstić information content (AvgIpc) is 2.38. The monoisotopic (exact) mass is 269 g/mol. The van der Waals surface area contributed by atoms with Gasteiger partial charge in [0.1, 0.15) is 11.6 Å². The molecular weight excluding hydrogens is 248 g/mol. The van der Waals surface area contributed by atoms with E-state index in [1.807, 2.05) is 6.92 Å². The van der Waals surface area contributed by atoms with Gasteiger partial charge in [0.15, 0.2) is 0 Å². The van der Waals surface area contributed by atoms with Crippen LogP contribution in [0.2, 0.25) is 0 Å². The minimum Gasteiger partial charge on any atom is -0.373 e. The van der Waals surface area contributed by atoms with Crippen molar-refractivity contribution in [1.29, 1.82) is 0 Å². The fraction of sp³-hybridized carbons (Fsp3) is 0.600. The first-order chi connectivity index (χ1) is 9.07. The highest BCUT2D eigenvalue weighted by Crippen LogP contribution is 2.40. The minimum absolute atomic E-state index is 0.479. The lowest BCUT2D eigenvalue weighted by Crippen LogP contribution is -2.45. The van der Waals surface area contributed by atoms with Gasteiger partial charge in [0.2, 0.25) is 0 Å². The van der Waals surface area contributed by atoms with Crippen LogP contribution in [0.25, 0.3) is 0 Å². The van der Waals surface area contributed by atoms with Gasteiger partial charge in [-0.3, -0.25) is 0 Å². The summed E-state index contributed by atoms with van der Waals surface area (Å²) in [5.74, 6) is -1.18. The summed E-state index contributed by atoms with van der Waals surface area (Å²) < 4.78 is 32.6. The van der Waals surface area contributed by atoms with Crippen molar-refractivity contribution in [1.82, 2.24) is 0 Å². The fourth-order valence-corrected chi connectivity index (χ4v) is 3.04. The SMILES string of the molecule is CCOC1(C(N)c2cc(F)cc(F)c2)CCCCC1. The number of rotatable bonds is 4. The van der Waals surface area contributed by atoms with Gasteiger partial charge in [-0.05, 0) is 37.5 Å². The highest BCUT2D eigenvalue weighted by molar-refractivity contribution is 5.24. The lowest BCUT2D eigenvalue weighted by atomic mass is 9.77. The van der Waals surface area contributed by atoms with Gasteiger partial charge in [0, 0.05) is 12.7 Å². The lowest BCUT2D eigenvalue weighted by Gasteiger charge is -2.41. The quantitative estimate of drug-likeness (QED) is 0.904. The van der Waals surface area contributed by atoms with Crippen LogP contribution in [0.1, 0.15) is 50.6 Å². The summed E-state index contributed by atoms with van der Waals surface area (Å²) in [5, 5.41) is 0. The maximum Gasteiger partial charge on any atom is 0.126 e. The van der Waals surface area contributed by atoms with Gasteiger partial charge in [-0.1, -0.05) is 19.3 Å². The zero-order valence-electron chi connectivity index (χ0n) is 11.3. The lowest BCUT2D eigenvalue weighted by molar-refractivity contribution is -0.0831. The summed E-state index contributed by atoms with van der Waals surface area (Å²) in [6, 6.07) is 2.99. The third-order valence-electron chi connectivity index (χ3n) is 3.94. The van der Waals surface area contributed by atoms with Crippen molar-refractivity contribution in [3.63, 3.8) is 0 Å². The van der Waals surface area contributed by atoms with E-state index in [1.165, 1.54) is 18.6 Å². The second-order valence-corrected chi connectivity index (χ2v) is 5.24. The molecule has 1 saturated carbocycles. The van der Waals surface area contributed by atoms with Crippen LogP contribution in [0.5, 0.6) is 0 Å². The zero-order chi connectivity index (χ0) is 13.9. The van der Waals surface area contributed by atoms with Gasteiger partial charge >= 0.3 is 0 Å². The molecule has 0 amide bonds. The van der Waals surface area contributed by atoms with Crippen LogP contribution >= 0.6 is 0 Å². The topological polar surface area (TPSA) is 35.2 Å². The molecule has 1 atom stereocenters. The van der Waals surface area contributed by atoms with Crippen molar-refractivity contribution in [2.45, 2.75) is 50.7 Å². The van der Waals surface area contributed by atoms with E-state index in [0.717, 1.165) is 31.7 Å². The average molecular weight is 269 g/mol. The van der Waals surface area contributed by atoms with Gasteiger partial charge in [0.05, 0.1) is 11.6 Å². The molecule has 1 unspecified atom stereocenters. The molecule has 0 radical (unpaired) electrons. The summed E-state index contributed by atoms with van der Waals surface area (Å²) >= 11 is 0. The summed E-state index contributed by atoms with van der Waals surface area (Å²) in [7, 11) is 0. The second-order valence-electron chi connectivity index (χ2n) is 5.24. The number of benzene rings is 1. The molecule has 1 fully saturated rings. The number of ether oxygens (including phenoxy) is 1. The molecule has 0 bridgehead atoms. The second kappa shape index (κ2) is 5.97. The molecule has 2 nitrogen and oxygen atoms in total. The van der Waals surface area contributed by atoms with Gasteiger partial charge in [0.25, 0.3) is 0 Å². The van der Waals surface area contributed by atoms with E-state index in [4.69, 9.17) is 10.5 Å². The van der Waals surface area contributed by atoms with Crippen molar-refractivity contribution in [3.8, 4) is 0 Å². The molecular formula is C15H21F2NO. The Bertz CT molecular complexity index is 404. The summed E-state index contributed by atoms with van der Waals surface area (Å²) in [4.78, 5) is 0. The van der Waals surface area contributed by atoms with E-state index in [0.29, 0.717) is 12.2 Å². The Morgan fingerprint density at radius 1 is 1.16 bits per heavy atom. The Kier molecular flexibility index (Phi) is 4.53. The van der Waals surface area contributed by atoms with Crippen molar-refractivity contribution >= 4 is 0 Å². The largest absolute Gasteiger partial charge is 0.373 e. The van der Waals surface area contributed by atoms with E-state index in [9.17, 15) is 8.78 Å². The molecule has 1 aromatic carbocycles. The Balaban J connectivity index is 2.30. The minimum atomic E-state index is -0.590. The van der Waals surface area contributed by atoms with E-state index in [1.54, 1.807) is 0 Å². The molecule has 0 aliphatic heterocycles. The first-order valence-electron chi connectivity index (χ1n) is 6.93. The number of halogens is 2. The van der Waals surface area contributed by atoms with E-state index in [-0.39, 0.29) is 0 Å². The Morgan fingerprint density at radius 2 is 1.74 bits per heavy atom. The van der Waals surface area contributed by atoms with Crippen molar-refractivity contribution in [3.05, 3.63) is 35.4 Å². The van der Waals surface area contributed by atoms with E-state index >= 15 is 0 Å². The summed E-state index contributed by atoms with van der Waals surface area (Å²) in [6.45, 7) is 2.49. The van der Waals surface area contributed by atoms with Crippen LogP contribution in [0, 0.1) is 11.6 Å². The first kappa shape index (κ1) is 14.4. The maximum atomic E-state index is 13.3. The Hall–Kier alpha value is -1.00. The molecule has 1 aliphatic carbocycles. The van der Waals surface area contributed by atoms with Gasteiger partial charge < -0.3 is 10.5 Å². The zero-order valence-corrected chi connectivity index (χ0v) is 11.3. The van der Waals surface area contributed by atoms with Gasteiger partial charge in [-0.15, -0.1) is 0 Å². The number of hydrogen-bond acceptors (Lipinski definition) is 2. The maximum absolute atomic E-state index is 13.3. The highest BCUT2D eigenvalue weighted by atomic mass is 19.1. The Morgan fingerprint density at radius 3 is 2.26 bits per heavy atom. The highest BCUT2D eigenvalue weighted by Gasteiger charge is 2.39. The molecule has 2 N–H and O–H groups in total. The predicted molar refractivity (Wildman–Crippen MR) is 70.7 cm³/mol. The van der Waals surface area contributed by atoms with Crippen LogP contribution < -0.4 is 5.73 Å². The van der Waals surface area contributed by atoms with Crippen LogP contribution in [0.3, 0.4) is 0 Å². The molecule has 19 heavy (non-hydrogen) atoms. The smallest absolute Gasteiger partial charge is 0.126 e. The Labute approximate surface area is 112 Å². The standard InChI is InChI=1S/C15H21F2NO/c1-2-19-15(6-4-3-5-7-15)14(18)11-8-12(16)10-13(17)9-11/h8-10,14H,2-7,18H2,1H3. The molecule has 106 valence electrons. The molecule has 0 heterocycles. The molecule has 0 saturated heterocycles. The van der Waals surface area contributed by atoms with E-state index in [2.05, 4.69) is 0 Å². The first-order valence-corrected chi connectivity index (χ1v) is 6.93. The van der Waals surface area contributed by atoms with Gasteiger partial charge in [-0.25, -0.2) is 8.78 Å². The number of hydrogen-bond donors (Lipinski definition) is 1. The molecule has 1 aliphatic rings. The van der Waals surface area contributed by atoms with Crippen LogP contribution in [-0.2, 0) is 4.74 Å². The third-order valence-corrected chi connectivity index (χ3v) is 3.94. The summed E-state index contributed by atoms with van der Waals surface area (Å²) in [6.07, 6.45) is 4.95. The van der Waals surface area contributed by atoms with Crippen molar-refractivity contribution < 1.29 is 13.5 Å². The molecule has 0 spiro atoms. The van der Waals surface area contributed by atoms with Crippen molar-refractivity contribution in [2.75, 3.05) is 6.61 Å². The van der Waals surface area contributed by atoms with E-state index < -0.39 is 23.3 Å². The molecule has 4 heteroatoms.